The molecule has 12 heavy (non-hydrogen) atoms. The van der Waals surface area contributed by atoms with Crippen molar-refractivity contribution in [1.29, 1.82) is 0 Å². The maximum Gasteiger partial charge on any atom is 0.213 e. The minimum atomic E-state index is -2.97. The molecule has 1 radical (unpaired) electrons. The summed E-state index contributed by atoms with van der Waals surface area (Å²) in [6, 6.07) is 0. The average molecular weight is 191 g/mol. The van der Waals surface area contributed by atoms with E-state index in [9.17, 15) is 8.42 Å². The number of rotatable bonds is 2. The van der Waals surface area contributed by atoms with Crippen molar-refractivity contribution in [2.45, 2.75) is 6.92 Å². The van der Waals surface area contributed by atoms with Gasteiger partial charge in [0.2, 0.25) is 10.0 Å². The van der Waals surface area contributed by atoms with Gasteiger partial charge in [-0.1, -0.05) is 0 Å². The molecule has 0 atom stereocenters. The fraction of sp³-hybridized carbons (Fsp3) is 0.857. The van der Waals surface area contributed by atoms with Crippen LogP contribution in [0.5, 0.6) is 0 Å². The van der Waals surface area contributed by atoms with Crippen molar-refractivity contribution in [3.05, 3.63) is 7.05 Å². The Hall–Kier alpha value is -0.130. The van der Waals surface area contributed by atoms with Crippen molar-refractivity contribution in [1.82, 2.24) is 9.21 Å². The molecule has 0 bridgehead atoms. The molecule has 1 fully saturated rings. The van der Waals surface area contributed by atoms with Gasteiger partial charge in [-0.15, -0.1) is 0 Å². The molecule has 1 saturated heterocycles. The largest absolute Gasteiger partial charge is 0.299 e. The van der Waals surface area contributed by atoms with E-state index in [1.165, 1.54) is 4.31 Å². The minimum Gasteiger partial charge on any atom is -0.299 e. The van der Waals surface area contributed by atoms with E-state index in [0.717, 1.165) is 13.1 Å². The molecule has 1 aliphatic rings. The highest BCUT2D eigenvalue weighted by Crippen LogP contribution is 2.06. The molecule has 4 nitrogen and oxygen atoms in total. The molecule has 71 valence electrons. The van der Waals surface area contributed by atoms with Gasteiger partial charge in [-0.2, -0.15) is 4.31 Å². The predicted octanol–water partition coefficient (Wildman–Crippen LogP) is -0.255. The van der Waals surface area contributed by atoms with E-state index >= 15 is 0 Å². The summed E-state index contributed by atoms with van der Waals surface area (Å²) >= 11 is 0. The van der Waals surface area contributed by atoms with E-state index in [2.05, 4.69) is 7.05 Å². The summed E-state index contributed by atoms with van der Waals surface area (Å²) in [6.07, 6.45) is 0. The molecule has 0 saturated carbocycles. The van der Waals surface area contributed by atoms with Crippen molar-refractivity contribution >= 4 is 10.0 Å². The first-order valence-corrected chi connectivity index (χ1v) is 5.70. The van der Waals surface area contributed by atoms with Gasteiger partial charge >= 0.3 is 0 Å². The summed E-state index contributed by atoms with van der Waals surface area (Å²) in [5.74, 6) is 0.199. The fourth-order valence-electron chi connectivity index (χ4n) is 1.19. The van der Waals surface area contributed by atoms with Crippen LogP contribution in [0.4, 0.5) is 0 Å². The number of piperazine rings is 1. The Kier molecular flexibility index (Phi) is 3.09. The van der Waals surface area contributed by atoms with Crippen molar-refractivity contribution < 1.29 is 8.42 Å². The van der Waals surface area contributed by atoms with Crippen molar-refractivity contribution in [3.8, 4) is 0 Å². The summed E-state index contributed by atoms with van der Waals surface area (Å²) in [6.45, 7) is 4.31. The van der Waals surface area contributed by atoms with Crippen LogP contribution in [0.15, 0.2) is 0 Å². The maximum absolute atomic E-state index is 11.3. The molecule has 5 heteroatoms. The first kappa shape index (κ1) is 9.95. The second-order valence-corrected chi connectivity index (χ2v) is 5.18. The van der Waals surface area contributed by atoms with Gasteiger partial charge < -0.3 is 0 Å². The monoisotopic (exact) mass is 191 g/mol. The molecule has 0 unspecified atom stereocenters. The third-order valence-corrected chi connectivity index (χ3v) is 3.97. The van der Waals surface area contributed by atoms with Gasteiger partial charge in [0, 0.05) is 33.2 Å². The van der Waals surface area contributed by atoms with E-state index in [4.69, 9.17) is 0 Å². The fourth-order valence-corrected chi connectivity index (χ4v) is 2.28. The van der Waals surface area contributed by atoms with Crippen LogP contribution >= 0.6 is 0 Å². The number of sulfonamides is 1. The van der Waals surface area contributed by atoms with Crippen LogP contribution in [0.3, 0.4) is 0 Å². The van der Waals surface area contributed by atoms with E-state index in [1.54, 1.807) is 6.92 Å². The van der Waals surface area contributed by atoms with Crippen LogP contribution in [-0.4, -0.2) is 49.6 Å². The Bertz CT molecular complexity index is 230. The zero-order valence-electron chi connectivity index (χ0n) is 7.36. The lowest BCUT2D eigenvalue weighted by atomic mass is 10.4. The molecule has 0 aliphatic carbocycles. The van der Waals surface area contributed by atoms with Gasteiger partial charge in [0.05, 0.1) is 5.75 Å². The molecule has 0 aromatic heterocycles. The number of nitrogens with zero attached hydrogens (tertiary/aromatic N) is 2. The molecular weight excluding hydrogens is 176 g/mol. The summed E-state index contributed by atoms with van der Waals surface area (Å²) in [7, 11) is 0.786. The van der Waals surface area contributed by atoms with E-state index in [1.807, 2.05) is 4.90 Å². The molecular formula is C7H15N2O2S. The Labute approximate surface area is 74.2 Å². The highest BCUT2D eigenvalue weighted by Gasteiger charge is 2.23. The van der Waals surface area contributed by atoms with Crippen LogP contribution in [-0.2, 0) is 10.0 Å². The lowest BCUT2D eigenvalue weighted by Crippen LogP contribution is -2.46. The van der Waals surface area contributed by atoms with Crippen LogP contribution in [0.25, 0.3) is 0 Å². The number of hydrogen-bond donors (Lipinski definition) is 0. The maximum atomic E-state index is 11.3. The van der Waals surface area contributed by atoms with E-state index in [-0.39, 0.29) is 5.75 Å². The van der Waals surface area contributed by atoms with Crippen molar-refractivity contribution in [2.75, 3.05) is 31.9 Å². The number of hydrogen-bond acceptors (Lipinski definition) is 3. The molecule has 0 N–H and O–H groups in total. The van der Waals surface area contributed by atoms with Crippen molar-refractivity contribution in [2.24, 2.45) is 0 Å². The quantitative estimate of drug-likeness (QED) is 0.604. The summed E-state index contributed by atoms with van der Waals surface area (Å²) < 4.78 is 24.2. The second kappa shape index (κ2) is 3.72. The summed E-state index contributed by atoms with van der Waals surface area (Å²) in [4.78, 5) is 1.89. The Morgan fingerprint density at radius 3 is 2.17 bits per heavy atom. The van der Waals surface area contributed by atoms with Crippen molar-refractivity contribution in [3.63, 3.8) is 0 Å². The van der Waals surface area contributed by atoms with E-state index < -0.39 is 10.0 Å². The van der Waals surface area contributed by atoms with Crippen LogP contribution in [0.2, 0.25) is 0 Å². The zero-order valence-corrected chi connectivity index (χ0v) is 8.18. The van der Waals surface area contributed by atoms with Gasteiger partial charge in [0.1, 0.15) is 0 Å². The van der Waals surface area contributed by atoms with Gasteiger partial charge in [-0.25, -0.2) is 8.42 Å². The van der Waals surface area contributed by atoms with Gasteiger partial charge in [0.15, 0.2) is 0 Å². The average Bonchev–Trinajstić information content (AvgIpc) is 2.05. The molecule has 0 aromatic rings. The summed E-state index contributed by atoms with van der Waals surface area (Å²) in [5, 5.41) is 0. The first-order chi connectivity index (χ1) is 5.56. The third-order valence-electron chi connectivity index (χ3n) is 2.09. The SMILES string of the molecule is [CH2]N1CCN(S(=O)(=O)CC)CC1. The van der Waals surface area contributed by atoms with Gasteiger partial charge in [0.25, 0.3) is 0 Å². The molecule has 0 spiro atoms. The third kappa shape index (κ3) is 2.18. The molecule has 0 amide bonds. The normalized spacial score (nSPS) is 22.8. The van der Waals surface area contributed by atoms with Crippen LogP contribution in [0.1, 0.15) is 6.92 Å². The first-order valence-electron chi connectivity index (χ1n) is 4.09. The summed E-state index contributed by atoms with van der Waals surface area (Å²) in [5.41, 5.74) is 0. The van der Waals surface area contributed by atoms with Crippen LogP contribution in [0, 0.1) is 7.05 Å². The highest BCUT2D eigenvalue weighted by atomic mass is 32.2. The smallest absolute Gasteiger partial charge is 0.213 e. The standard InChI is InChI=1S/C7H15N2O2S/c1-3-12(10,11)9-6-4-8(2)5-7-9/h2-7H2,1H3. The van der Waals surface area contributed by atoms with Gasteiger partial charge in [-0.05, 0) is 6.92 Å². The topological polar surface area (TPSA) is 40.6 Å². The predicted molar refractivity (Wildman–Crippen MR) is 48.0 cm³/mol. The van der Waals surface area contributed by atoms with Crippen LogP contribution < -0.4 is 0 Å². The molecule has 0 aromatic carbocycles. The Balaban J connectivity index is 2.56. The second-order valence-electron chi connectivity index (χ2n) is 2.92. The van der Waals surface area contributed by atoms with E-state index in [0.29, 0.717) is 13.1 Å². The molecule has 1 rings (SSSR count). The molecule has 1 aliphatic heterocycles. The lowest BCUT2D eigenvalue weighted by Gasteiger charge is -2.30. The Morgan fingerprint density at radius 2 is 1.75 bits per heavy atom. The van der Waals surface area contributed by atoms with Gasteiger partial charge in [-0.3, -0.25) is 4.90 Å². The highest BCUT2D eigenvalue weighted by molar-refractivity contribution is 7.89. The Morgan fingerprint density at radius 1 is 1.25 bits per heavy atom. The zero-order chi connectivity index (χ0) is 9.19. The minimum absolute atomic E-state index is 0.199. The lowest BCUT2D eigenvalue weighted by molar-refractivity contribution is 0.242. The molecule has 1 heterocycles.